The average molecular weight is 351 g/mol. The molecule has 0 saturated heterocycles. The zero-order valence-electron chi connectivity index (χ0n) is 15.6. The Balaban J connectivity index is 2.54. The molecule has 2 N–H and O–H groups in total. The first kappa shape index (κ1) is 20.8. The lowest BCUT2D eigenvalue weighted by molar-refractivity contribution is -0.140. The van der Waals surface area contributed by atoms with Crippen molar-refractivity contribution in [3.05, 3.63) is 29.3 Å². The van der Waals surface area contributed by atoms with Gasteiger partial charge in [0.25, 0.3) is 0 Å². The first-order valence-electron chi connectivity index (χ1n) is 8.42. The van der Waals surface area contributed by atoms with Gasteiger partial charge in [-0.2, -0.15) is 0 Å². The van der Waals surface area contributed by atoms with Crippen LogP contribution in [-0.4, -0.2) is 52.5 Å². The number of aliphatic imine (C=N–C) groups is 1. The number of hydrogen-bond donors (Lipinski definition) is 2. The Labute approximate surface area is 149 Å². The Hall–Kier alpha value is -2.28. The summed E-state index contributed by atoms with van der Waals surface area (Å²) in [6.07, 6.45) is 0.285. The van der Waals surface area contributed by atoms with Gasteiger partial charge in [-0.15, -0.1) is 0 Å². The molecule has 0 spiro atoms. The second-order valence-electron chi connectivity index (χ2n) is 5.34. The number of aryl methyl sites for hydroxylation is 1. The van der Waals surface area contributed by atoms with Crippen LogP contribution >= 0.6 is 0 Å². The van der Waals surface area contributed by atoms with Crippen LogP contribution in [0.5, 0.6) is 5.75 Å². The van der Waals surface area contributed by atoms with Gasteiger partial charge >= 0.3 is 5.97 Å². The number of benzene rings is 1. The monoisotopic (exact) mass is 351 g/mol. The summed E-state index contributed by atoms with van der Waals surface area (Å²) in [4.78, 5) is 15.3. The Kier molecular flexibility index (Phi) is 10.1. The van der Waals surface area contributed by atoms with Gasteiger partial charge in [0.05, 0.1) is 20.1 Å². The van der Waals surface area contributed by atoms with Gasteiger partial charge in [-0.05, 0) is 25.5 Å². The molecule has 0 heterocycles. The van der Waals surface area contributed by atoms with Crippen LogP contribution in [0, 0.1) is 6.92 Å². The lowest BCUT2D eigenvalue weighted by Crippen LogP contribution is -2.38. The minimum Gasteiger partial charge on any atom is -0.491 e. The maximum absolute atomic E-state index is 11.1. The Morgan fingerprint density at radius 2 is 2.04 bits per heavy atom. The molecule has 0 atom stereocenters. The number of guanidine groups is 1. The predicted molar refractivity (Wildman–Crippen MR) is 98.0 cm³/mol. The van der Waals surface area contributed by atoms with E-state index in [0.717, 1.165) is 16.9 Å². The zero-order chi connectivity index (χ0) is 18.5. The number of rotatable bonds is 10. The van der Waals surface area contributed by atoms with Gasteiger partial charge in [-0.1, -0.05) is 12.1 Å². The van der Waals surface area contributed by atoms with Crippen LogP contribution in [0.15, 0.2) is 23.2 Å². The van der Waals surface area contributed by atoms with Crippen molar-refractivity contribution in [2.24, 2.45) is 4.99 Å². The maximum atomic E-state index is 11.1. The first-order valence-corrected chi connectivity index (χ1v) is 8.42. The van der Waals surface area contributed by atoms with E-state index in [1.54, 1.807) is 7.05 Å². The molecular weight excluding hydrogens is 322 g/mol. The molecule has 1 rings (SSSR count). The molecule has 0 aliphatic rings. The number of esters is 1. The molecule has 0 fully saturated rings. The van der Waals surface area contributed by atoms with Crippen LogP contribution < -0.4 is 15.4 Å². The molecule has 0 amide bonds. The van der Waals surface area contributed by atoms with E-state index in [0.29, 0.717) is 38.9 Å². The zero-order valence-corrected chi connectivity index (χ0v) is 15.6. The minimum atomic E-state index is -0.258. The molecule has 0 unspecified atom stereocenters. The topological polar surface area (TPSA) is 81.2 Å². The Morgan fingerprint density at radius 1 is 1.24 bits per heavy atom. The fourth-order valence-corrected chi connectivity index (χ4v) is 2.08. The Bertz CT molecular complexity index is 561. The van der Waals surface area contributed by atoms with Crippen LogP contribution in [0.3, 0.4) is 0 Å². The highest BCUT2D eigenvalue weighted by Gasteiger charge is 2.07. The third kappa shape index (κ3) is 8.39. The normalized spacial score (nSPS) is 11.1. The molecule has 7 heteroatoms. The second-order valence-corrected chi connectivity index (χ2v) is 5.34. The van der Waals surface area contributed by atoms with Crippen molar-refractivity contribution < 1.29 is 19.0 Å². The van der Waals surface area contributed by atoms with Gasteiger partial charge in [0.1, 0.15) is 12.4 Å². The number of carbonyl (C=O) groups is 1. The number of nitrogens with zero attached hydrogens (tertiary/aromatic N) is 1. The van der Waals surface area contributed by atoms with Gasteiger partial charge in [0.2, 0.25) is 0 Å². The van der Waals surface area contributed by atoms with Crippen molar-refractivity contribution in [1.29, 1.82) is 0 Å². The summed E-state index contributed by atoms with van der Waals surface area (Å²) in [5, 5.41) is 6.29. The number of nitrogens with one attached hydrogen (secondary N) is 2. The van der Waals surface area contributed by atoms with Crippen molar-refractivity contribution in [2.45, 2.75) is 26.8 Å². The lowest BCUT2D eigenvalue weighted by atomic mass is 10.1. The summed E-state index contributed by atoms with van der Waals surface area (Å²) >= 11 is 0. The van der Waals surface area contributed by atoms with Gasteiger partial charge in [0, 0.05) is 32.3 Å². The smallest absolute Gasteiger partial charge is 0.307 e. The predicted octanol–water partition coefficient (Wildman–Crippen LogP) is 1.64. The Morgan fingerprint density at radius 3 is 2.72 bits per heavy atom. The lowest BCUT2D eigenvalue weighted by Gasteiger charge is -2.15. The molecule has 1 aromatic rings. The van der Waals surface area contributed by atoms with E-state index in [2.05, 4.69) is 20.4 Å². The highest BCUT2D eigenvalue weighted by atomic mass is 16.5. The summed E-state index contributed by atoms with van der Waals surface area (Å²) < 4.78 is 15.7. The van der Waals surface area contributed by atoms with Gasteiger partial charge in [-0.25, -0.2) is 0 Å². The molecule has 1 aromatic carbocycles. The molecule has 0 radical (unpaired) electrons. The third-order valence-electron chi connectivity index (χ3n) is 3.43. The summed E-state index contributed by atoms with van der Waals surface area (Å²) in [7, 11) is 3.06. The highest BCUT2D eigenvalue weighted by molar-refractivity contribution is 5.80. The quantitative estimate of drug-likeness (QED) is 0.289. The third-order valence-corrected chi connectivity index (χ3v) is 3.43. The number of carbonyl (C=O) groups excluding carboxylic acids is 1. The van der Waals surface area contributed by atoms with Crippen molar-refractivity contribution in [2.75, 3.05) is 40.5 Å². The van der Waals surface area contributed by atoms with E-state index in [-0.39, 0.29) is 12.4 Å². The van der Waals surface area contributed by atoms with E-state index in [1.807, 2.05) is 32.0 Å². The van der Waals surface area contributed by atoms with Crippen molar-refractivity contribution in [1.82, 2.24) is 10.6 Å². The molecule has 0 aliphatic heterocycles. The van der Waals surface area contributed by atoms with E-state index in [9.17, 15) is 4.79 Å². The van der Waals surface area contributed by atoms with Crippen LogP contribution in [0.4, 0.5) is 0 Å². The van der Waals surface area contributed by atoms with Crippen molar-refractivity contribution >= 4 is 11.9 Å². The number of ether oxygens (including phenoxy) is 3. The molecular formula is C18H29N3O4. The molecule has 0 saturated carbocycles. The second kappa shape index (κ2) is 12.1. The number of methoxy groups -OCH3 is 1. The van der Waals surface area contributed by atoms with Crippen molar-refractivity contribution in [3.8, 4) is 5.75 Å². The molecule has 0 bridgehead atoms. The summed E-state index contributed by atoms with van der Waals surface area (Å²) in [6, 6.07) is 6.08. The van der Waals surface area contributed by atoms with Crippen LogP contribution in [0.1, 0.15) is 24.5 Å². The molecule has 7 nitrogen and oxygen atoms in total. The summed E-state index contributed by atoms with van der Waals surface area (Å²) in [5.41, 5.74) is 2.16. The van der Waals surface area contributed by atoms with Gasteiger partial charge in [-0.3, -0.25) is 9.79 Å². The van der Waals surface area contributed by atoms with E-state index < -0.39 is 0 Å². The first-order chi connectivity index (χ1) is 12.1. The van der Waals surface area contributed by atoms with E-state index in [1.165, 1.54) is 7.11 Å². The molecule has 0 aliphatic carbocycles. The SMILES string of the molecule is CCOCCOc1cc(C)ccc1CNC(=NC)NCCC(=O)OC. The van der Waals surface area contributed by atoms with Gasteiger partial charge < -0.3 is 24.8 Å². The average Bonchev–Trinajstić information content (AvgIpc) is 2.62. The fourth-order valence-electron chi connectivity index (χ4n) is 2.08. The summed E-state index contributed by atoms with van der Waals surface area (Å²) in [6.45, 7) is 6.75. The molecule has 25 heavy (non-hydrogen) atoms. The van der Waals surface area contributed by atoms with Crippen LogP contribution in [-0.2, 0) is 20.8 Å². The number of hydrogen-bond acceptors (Lipinski definition) is 5. The van der Waals surface area contributed by atoms with Crippen LogP contribution in [0.2, 0.25) is 0 Å². The largest absolute Gasteiger partial charge is 0.491 e. The molecule has 140 valence electrons. The maximum Gasteiger partial charge on any atom is 0.307 e. The standard InChI is InChI=1S/C18H29N3O4/c1-5-24-10-11-25-16-12-14(2)6-7-15(16)13-21-18(19-3)20-9-8-17(22)23-4/h6-7,12H,5,8-11,13H2,1-4H3,(H2,19,20,21). The fraction of sp³-hybridized carbons (Fsp3) is 0.556. The molecule has 0 aromatic heterocycles. The van der Waals surface area contributed by atoms with Crippen LogP contribution in [0.25, 0.3) is 0 Å². The van der Waals surface area contributed by atoms with E-state index in [4.69, 9.17) is 9.47 Å². The minimum absolute atomic E-state index is 0.258. The van der Waals surface area contributed by atoms with Gasteiger partial charge in [0.15, 0.2) is 5.96 Å². The summed E-state index contributed by atoms with van der Waals surface area (Å²) in [5.74, 6) is 1.19. The van der Waals surface area contributed by atoms with E-state index >= 15 is 0 Å². The highest BCUT2D eigenvalue weighted by Crippen LogP contribution is 2.20. The van der Waals surface area contributed by atoms with Crippen molar-refractivity contribution in [3.63, 3.8) is 0 Å².